The number of nitrogens with zero attached hydrogens (tertiary/aromatic N) is 1. The van der Waals surface area contributed by atoms with Crippen molar-refractivity contribution in [2.24, 2.45) is 0 Å². The fourth-order valence-electron chi connectivity index (χ4n) is 1.52. The average Bonchev–Trinajstić information content (AvgIpc) is 3.18. The minimum atomic E-state index is -0.430. The van der Waals surface area contributed by atoms with Crippen LogP contribution >= 0.6 is 11.6 Å². The predicted octanol–water partition coefficient (Wildman–Crippen LogP) is 2.75. The maximum atomic E-state index is 12.0. The quantitative estimate of drug-likeness (QED) is 0.656. The summed E-state index contributed by atoms with van der Waals surface area (Å²) in [4.78, 5) is 12.0. The number of aryl methyl sites for hydroxylation is 1. The van der Waals surface area contributed by atoms with Crippen LogP contribution in [0.25, 0.3) is 0 Å². The Balaban J connectivity index is 2.08. The largest absolute Gasteiger partial charge is 0.387 e. The molecule has 1 aromatic carbocycles. The molecule has 1 saturated carbocycles. The number of carbonyl (C=O) groups is 1. The molecule has 0 heterocycles. The molecule has 5 heteroatoms. The van der Waals surface area contributed by atoms with Crippen molar-refractivity contribution in [1.82, 2.24) is 5.32 Å². The number of hydrogen-bond acceptors (Lipinski definition) is 3. The molecule has 2 N–H and O–H groups in total. The van der Waals surface area contributed by atoms with Crippen LogP contribution in [0.3, 0.4) is 0 Å². The zero-order valence-corrected chi connectivity index (χ0v) is 11.3. The number of amides is 1. The normalized spacial score (nSPS) is 14.7. The monoisotopic (exact) mass is 275 g/mol. The van der Waals surface area contributed by atoms with Gasteiger partial charge in [-0.25, -0.2) is 0 Å². The Morgan fingerprint density at radius 1 is 1.53 bits per heavy atom. The number of hydrogen-bond donors (Lipinski definition) is 2. The molecule has 1 amide bonds. The van der Waals surface area contributed by atoms with Crippen molar-refractivity contribution in [3.8, 4) is 6.07 Å². The van der Waals surface area contributed by atoms with Gasteiger partial charge in [-0.2, -0.15) is 5.26 Å². The van der Waals surface area contributed by atoms with Gasteiger partial charge in [0.2, 0.25) is 0 Å². The van der Waals surface area contributed by atoms with Crippen molar-refractivity contribution >= 4 is 23.2 Å². The van der Waals surface area contributed by atoms with Gasteiger partial charge in [0.25, 0.3) is 5.91 Å². The molecular weight excluding hydrogens is 262 g/mol. The van der Waals surface area contributed by atoms with E-state index < -0.39 is 5.91 Å². The van der Waals surface area contributed by atoms with Crippen molar-refractivity contribution in [3.05, 3.63) is 40.6 Å². The van der Waals surface area contributed by atoms with Gasteiger partial charge in [0.15, 0.2) is 0 Å². The van der Waals surface area contributed by atoms with Gasteiger partial charge < -0.3 is 10.6 Å². The van der Waals surface area contributed by atoms with E-state index in [9.17, 15) is 4.79 Å². The van der Waals surface area contributed by atoms with E-state index in [2.05, 4.69) is 10.6 Å². The summed E-state index contributed by atoms with van der Waals surface area (Å²) < 4.78 is 0. The molecule has 19 heavy (non-hydrogen) atoms. The Morgan fingerprint density at radius 2 is 2.26 bits per heavy atom. The molecule has 1 aliphatic carbocycles. The maximum absolute atomic E-state index is 12.0. The van der Waals surface area contributed by atoms with Crippen LogP contribution in [0.4, 0.5) is 5.69 Å². The summed E-state index contributed by atoms with van der Waals surface area (Å²) >= 11 is 5.88. The highest BCUT2D eigenvalue weighted by Gasteiger charge is 2.20. The molecule has 98 valence electrons. The smallest absolute Gasteiger partial charge is 0.267 e. The molecule has 2 rings (SSSR count). The van der Waals surface area contributed by atoms with Crippen LogP contribution in [0.15, 0.2) is 30.0 Å². The number of halogens is 1. The minimum absolute atomic E-state index is 0.0614. The van der Waals surface area contributed by atoms with Crippen LogP contribution in [0.2, 0.25) is 5.02 Å². The van der Waals surface area contributed by atoms with Gasteiger partial charge in [-0.1, -0.05) is 17.7 Å². The first kappa shape index (κ1) is 13.4. The number of carbonyl (C=O) groups excluding carboxylic acids is 1. The van der Waals surface area contributed by atoms with Crippen molar-refractivity contribution in [3.63, 3.8) is 0 Å². The molecular formula is C14H14ClN3O. The lowest BCUT2D eigenvalue weighted by Crippen LogP contribution is -2.18. The van der Waals surface area contributed by atoms with Crippen molar-refractivity contribution in [2.75, 3.05) is 5.32 Å². The average molecular weight is 276 g/mol. The SMILES string of the molecule is Cc1ccc(Cl)cc1NC(=O)/C(C#N)=C\NC1CC1. The summed E-state index contributed by atoms with van der Waals surface area (Å²) in [6.07, 6.45) is 3.65. The first-order valence-electron chi connectivity index (χ1n) is 6.04. The van der Waals surface area contributed by atoms with Crippen LogP contribution in [-0.2, 0) is 4.79 Å². The highest BCUT2D eigenvalue weighted by Crippen LogP contribution is 2.21. The van der Waals surface area contributed by atoms with E-state index >= 15 is 0 Å². The molecule has 0 unspecified atom stereocenters. The summed E-state index contributed by atoms with van der Waals surface area (Å²) in [7, 11) is 0. The summed E-state index contributed by atoms with van der Waals surface area (Å²) in [5.74, 6) is -0.430. The Labute approximate surface area is 117 Å². The zero-order chi connectivity index (χ0) is 13.8. The first-order chi connectivity index (χ1) is 9.10. The van der Waals surface area contributed by atoms with E-state index in [4.69, 9.17) is 16.9 Å². The topological polar surface area (TPSA) is 64.9 Å². The van der Waals surface area contributed by atoms with Crippen molar-refractivity contribution in [1.29, 1.82) is 5.26 Å². The Hall–Kier alpha value is -1.99. The molecule has 0 spiro atoms. The van der Waals surface area contributed by atoms with E-state index in [0.29, 0.717) is 16.8 Å². The molecule has 0 atom stereocenters. The molecule has 1 fully saturated rings. The Bertz CT molecular complexity index is 571. The van der Waals surface area contributed by atoms with Gasteiger partial charge >= 0.3 is 0 Å². The third-order valence-corrected chi connectivity index (χ3v) is 3.09. The minimum Gasteiger partial charge on any atom is -0.387 e. The van der Waals surface area contributed by atoms with Gasteiger partial charge in [0.1, 0.15) is 11.6 Å². The third-order valence-electron chi connectivity index (χ3n) is 2.85. The third kappa shape index (κ3) is 3.73. The van der Waals surface area contributed by atoms with Gasteiger partial charge in [0.05, 0.1) is 0 Å². The lowest BCUT2D eigenvalue weighted by molar-refractivity contribution is -0.112. The molecule has 0 saturated heterocycles. The van der Waals surface area contributed by atoms with E-state index in [-0.39, 0.29) is 5.57 Å². The fourth-order valence-corrected chi connectivity index (χ4v) is 1.69. The summed E-state index contributed by atoms with van der Waals surface area (Å²) in [6.45, 7) is 1.87. The van der Waals surface area contributed by atoms with Gasteiger partial charge in [0, 0.05) is 23.0 Å². The van der Waals surface area contributed by atoms with Crippen LogP contribution in [0.1, 0.15) is 18.4 Å². The van der Waals surface area contributed by atoms with Crippen LogP contribution in [0, 0.1) is 18.3 Å². The molecule has 0 bridgehead atoms. The van der Waals surface area contributed by atoms with E-state index in [1.807, 2.05) is 19.1 Å². The highest BCUT2D eigenvalue weighted by atomic mass is 35.5. The lowest BCUT2D eigenvalue weighted by atomic mass is 10.2. The second-order valence-electron chi connectivity index (χ2n) is 4.52. The zero-order valence-electron chi connectivity index (χ0n) is 10.5. The molecule has 1 aliphatic rings. The highest BCUT2D eigenvalue weighted by molar-refractivity contribution is 6.31. The summed E-state index contributed by atoms with van der Waals surface area (Å²) in [5.41, 5.74) is 1.57. The Morgan fingerprint density at radius 3 is 2.89 bits per heavy atom. The molecule has 0 aromatic heterocycles. The number of nitrogens with one attached hydrogen (secondary N) is 2. The van der Waals surface area contributed by atoms with E-state index in [1.165, 1.54) is 6.20 Å². The first-order valence-corrected chi connectivity index (χ1v) is 6.42. The van der Waals surface area contributed by atoms with Gasteiger partial charge in [-0.3, -0.25) is 4.79 Å². The van der Waals surface area contributed by atoms with Crippen LogP contribution in [-0.4, -0.2) is 11.9 Å². The van der Waals surface area contributed by atoms with E-state index in [1.54, 1.807) is 12.1 Å². The second kappa shape index (κ2) is 5.77. The summed E-state index contributed by atoms with van der Waals surface area (Å²) in [6, 6.07) is 7.53. The van der Waals surface area contributed by atoms with Gasteiger partial charge in [-0.15, -0.1) is 0 Å². The fraction of sp³-hybridized carbons (Fsp3) is 0.286. The second-order valence-corrected chi connectivity index (χ2v) is 4.96. The number of benzene rings is 1. The van der Waals surface area contributed by atoms with Crippen LogP contribution in [0.5, 0.6) is 0 Å². The van der Waals surface area contributed by atoms with E-state index in [0.717, 1.165) is 18.4 Å². The lowest BCUT2D eigenvalue weighted by Gasteiger charge is -2.08. The summed E-state index contributed by atoms with van der Waals surface area (Å²) in [5, 5.41) is 15.2. The molecule has 1 aromatic rings. The predicted molar refractivity (Wildman–Crippen MR) is 74.7 cm³/mol. The molecule has 4 nitrogen and oxygen atoms in total. The van der Waals surface area contributed by atoms with Crippen molar-refractivity contribution in [2.45, 2.75) is 25.8 Å². The Kier molecular flexibility index (Phi) is 4.08. The van der Waals surface area contributed by atoms with Crippen molar-refractivity contribution < 1.29 is 4.79 Å². The number of rotatable bonds is 4. The standard InChI is InChI=1S/C14H14ClN3O/c1-9-2-3-11(15)6-13(9)18-14(19)10(7-16)8-17-12-4-5-12/h2-3,6,8,12,17H,4-5H2,1H3,(H,18,19)/b10-8-. The number of nitriles is 1. The molecule has 0 radical (unpaired) electrons. The van der Waals surface area contributed by atoms with Crippen LogP contribution < -0.4 is 10.6 Å². The number of anilines is 1. The molecule has 0 aliphatic heterocycles. The van der Waals surface area contributed by atoms with Gasteiger partial charge in [-0.05, 0) is 37.5 Å². The maximum Gasteiger partial charge on any atom is 0.267 e.